The Balaban J connectivity index is 2.13. The second-order valence-electron chi connectivity index (χ2n) is 5.09. The van der Waals surface area contributed by atoms with E-state index in [1.807, 2.05) is 24.3 Å². The lowest BCUT2D eigenvalue weighted by Gasteiger charge is -2.27. The van der Waals surface area contributed by atoms with E-state index >= 15 is 0 Å². The standard InChI is InChI=1S/C16H16N2O2/c1-11-6-8-18(9-7-11)15-13-5-3-2-4-12(13)14(10-17-15)16(19)20/h2-6,10H,7-9H2,1H3,(H,19,20). The molecule has 1 aliphatic heterocycles. The molecule has 1 aromatic heterocycles. The molecular formula is C16H16N2O2. The van der Waals surface area contributed by atoms with Crippen molar-refractivity contribution in [2.75, 3.05) is 18.0 Å². The van der Waals surface area contributed by atoms with Crippen molar-refractivity contribution in [1.82, 2.24) is 4.98 Å². The summed E-state index contributed by atoms with van der Waals surface area (Å²) >= 11 is 0. The normalized spacial score (nSPS) is 15.2. The van der Waals surface area contributed by atoms with Gasteiger partial charge in [0.25, 0.3) is 0 Å². The van der Waals surface area contributed by atoms with Crippen molar-refractivity contribution in [3.63, 3.8) is 0 Å². The quantitative estimate of drug-likeness (QED) is 0.850. The van der Waals surface area contributed by atoms with E-state index < -0.39 is 5.97 Å². The Morgan fingerprint density at radius 3 is 2.70 bits per heavy atom. The van der Waals surface area contributed by atoms with Crippen molar-refractivity contribution in [2.24, 2.45) is 0 Å². The molecule has 0 bridgehead atoms. The minimum Gasteiger partial charge on any atom is -0.478 e. The maximum atomic E-state index is 11.3. The molecule has 1 aliphatic rings. The highest BCUT2D eigenvalue weighted by Gasteiger charge is 2.17. The summed E-state index contributed by atoms with van der Waals surface area (Å²) in [6, 6.07) is 7.56. The van der Waals surface area contributed by atoms with Crippen LogP contribution in [0.3, 0.4) is 0 Å². The zero-order chi connectivity index (χ0) is 14.1. The molecule has 102 valence electrons. The number of nitrogens with zero attached hydrogens (tertiary/aromatic N) is 2. The van der Waals surface area contributed by atoms with Gasteiger partial charge < -0.3 is 10.0 Å². The van der Waals surface area contributed by atoms with Crippen molar-refractivity contribution in [3.05, 3.63) is 47.7 Å². The van der Waals surface area contributed by atoms with Crippen LogP contribution in [0, 0.1) is 0 Å². The highest BCUT2D eigenvalue weighted by atomic mass is 16.4. The van der Waals surface area contributed by atoms with Gasteiger partial charge >= 0.3 is 5.97 Å². The minimum atomic E-state index is -0.936. The van der Waals surface area contributed by atoms with Crippen LogP contribution in [0.5, 0.6) is 0 Å². The van der Waals surface area contributed by atoms with Gasteiger partial charge in [0, 0.05) is 30.1 Å². The Morgan fingerprint density at radius 2 is 2.05 bits per heavy atom. The van der Waals surface area contributed by atoms with Crippen LogP contribution >= 0.6 is 0 Å². The molecule has 0 aliphatic carbocycles. The number of carboxylic acid groups (broad SMARTS) is 1. The fourth-order valence-corrected chi connectivity index (χ4v) is 2.56. The second-order valence-corrected chi connectivity index (χ2v) is 5.09. The van der Waals surface area contributed by atoms with E-state index in [-0.39, 0.29) is 5.56 Å². The number of pyridine rings is 1. The Kier molecular flexibility index (Phi) is 3.14. The number of hydrogen-bond donors (Lipinski definition) is 1. The summed E-state index contributed by atoms with van der Waals surface area (Å²) in [6.45, 7) is 3.89. The third-order valence-corrected chi connectivity index (χ3v) is 3.74. The maximum Gasteiger partial charge on any atom is 0.337 e. The average Bonchev–Trinajstić information content (AvgIpc) is 2.47. The molecule has 2 heterocycles. The van der Waals surface area contributed by atoms with E-state index in [4.69, 9.17) is 0 Å². The first kappa shape index (κ1) is 12.7. The predicted molar refractivity (Wildman–Crippen MR) is 79.3 cm³/mol. The molecule has 0 fully saturated rings. The van der Waals surface area contributed by atoms with Crippen LogP contribution in [-0.2, 0) is 0 Å². The molecule has 0 amide bonds. The number of aromatic nitrogens is 1. The average molecular weight is 268 g/mol. The van der Waals surface area contributed by atoms with Gasteiger partial charge in [-0.25, -0.2) is 9.78 Å². The third kappa shape index (κ3) is 2.13. The molecule has 4 nitrogen and oxygen atoms in total. The van der Waals surface area contributed by atoms with Crippen LogP contribution in [0.2, 0.25) is 0 Å². The summed E-state index contributed by atoms with van der Waals surface area (Å²) in [4.78, 5) is 17.9. The van der Waals surface area contributed by atoms with Crippen LogP contribution in [0.15, 0.2) is 42.1 Å². The molecule has 0 atom stereocenters. The molecule has 3 rings (SSSR count). The maximum absolute atomic E-state index is 11.3. The highest BCUT2D eigenvalue weighted by molar-refractivity contribution is 6.06. The van der Waals surface area contributed by atoms with Gasteiger partial charge in [0.05, 0.1) is 5.56 Å². The van der Waals surface area contributed by atoms with E-state index in [0.717, 1.165) is 36.1 Å². The minimum absolute atomic E-state index is 0.257. The van der Waals surface area contributed by atoms with E-state index in [2.05, 4.69) is 22.9 Å². The summed E-state index contributed by atoms with van der Waals surface area (Å²) in [5, 5.41) is 10.9. The Hall–Kier alpha value is -2.36. The van der Waals surface area contributed by atoms with Crippen LogP contribution in [0.25, 0.3) is 10.8 Å². The largest absolute Gasteiger partial charge is 0.478 e. The summed E-state index contributed by atoms with van der Waals surface area (Å²) in [5.41, 5.74) is 1.65. The summed E-state index contributed by atoms with van der Waals surface area (Å²) in [5.74, 6) is -0.0658. The Labute approximate surface area is 117 Å². The number of carboxylic acids is 1. The first-order valence-electron chi connectivity index (χ1n) is 6.68. The molecule has 20 heavy (non-hydrogen) atoms. The number of anilines is 1. The third-order valence-electron chi connectivity index (χ3n) is 3.74. The summed E-state index contributed by atoms with van der Waals surface area (Å²) in [7, 11) is 0. The second kappa shape index (κ2) is 4.96. The van der Waals surface area contributed by atoms with Crippen molar-refractivity contribution in [1.29, 1.82) is 0 Å². The van der Waals surface area contributed by atoms with Crippen LogP contribution in [-0.4, -0.2) is 29.1 Å². The predicted octanol–water partition coefficient (Wildman–Crippen LogP) is 3.09. The number of benzene rings is 1. The molecule has 0 saturated heterocycles. The number of hydrogen-bond acceptors (Lipinski definition) is 3. The van der Waals surface area contributed by atoms with Crippen molar-refractivity contribution in [3.8, 4) is 0 Å². The fourth-order valence-electron chi connectivity index (χ4n) is 2.56. The van der Waals surface area contributed by atoms with E-state index in [1.165, 1.54) is 11.8 Å². The number of rotatable bonds is 2. The molecule has 0 unspecified atom stereocenters. The Morgan fingerprint density at radius 1 is 1.30 bits per heavy atom. The van der Waals surface area contributed by atoms with Crippen molar-refractivity contribution in [2.45, 2.75) is 13.3 Å². The summed E-state index contributed by atoms with van der Waals surface area (Å²) in [6.07, 6.45) is 4.69. The van der Waals surface area contributed by atoms with Crippen molar-refractivity contribution < 1.29 is 9.90 Å². The lowest BCUT2D eigenvalue weighted by atomic mass is 10.1. The number of carbonyl (C=O) groups is 1. The molecule has 1 aromatic carbocycles. The molecule has 4 heteroatoms. The lowest BCUT2D eigenvalue weighted by Crippen LogP contribution is -2.29. The molecule has 1 N–H and O–H groups in total. The molecule has 0 radical (unpaired) electrons. The van der Waals surface area contributed by atoms with Gasteiger partial charge in [-0.2, -0.15) is 0 Å². The first-order valence-corrected chi connectivity index (χ1v) is 6.68. The monoisotopic (exact) mass is 268 g/mol. The lowest BCUT2D eigenvalue weighted by molar-refractivity contribution is 0.0698. The van der Waals surface area contributed by atoms with Crippen LogP contribution < -0.4 is 4.90 Å². The highest BCUT2D eigenvalue weighted by Crippen LogP contribution is 2.28. The van der Waals surface area contributed by atoms with Crippen LogP contribution in [0.1, 0.15) is 23.7 Å². The van der Waals surface area contributed by atoms with Gasteiger partial charge in [-0.1, -0.05) is 35.9 Å². The smallest absolute Gasteiger partial charge is 0.337 e. The molecule has 0 saturated carbocycles. The van der Waals surface area contributed by atoms with Gasteiger partial charge in [0.2, 0.25) is 0 Å². The van der Waals surface area contributed by atoms with Gasteiger partial charge in [-0.15, -0.1) is 0 Å². The van der Waals surface area contributed by atoms with E-state index in [0.29, 0.717) is 0 Å². The fraction of sp³-hybridized carbons (Fsp3) is 0.250. The topological polar surface area (TPSA) is 53.4 Å². The Bertz CT molecular complexity index is 707. The molecular weight excluding hydrogens is 252 g/mol. The van der Waals surface area contributed by atoms with Gasteiger partial charge in [0.15, 0.2) is 0 Å². The van der Waals surface area contributed by atoms with Crippen molar-refractivity contribution >= 4 is 22.6 Å². The SMILES string of the molecule is CC1=CCN(c2ncc(C(=O)O)c3ccccc23)CC1. The van der Waals surface area contributed by atoms with Gasteiger partial charge in [0.1, 0.15) is 5.82 Å². The van der Waals surface area contributed by atoms with E-state index in [9.17, 15) is 9.90 Å². The number of fused-ring (bicyclic) bond motifs is 1. The number of aromatic carboxylic acids is 1. The van der Waals surface area contributed by atoms with E-state index in [1.54, 1.807) is 0 Å². The zero-order valence-electron chi connectivity index (χ0n) is 11.3. The zero-order valence-corrected chi connectivity index (χ0v) is 11.3. The molecule has 2 aromatic rings. The van der Waals surface area contributed by atoms with Crippen LogP contribution in [0.4, 0.5) is 5.82 Å². The first-order chi connectivity index (χ1) is 9.66. The summed E-state index contributed by atoms with van der Waals surface area (Å²) < 4.78 is 0. The molecule has 0 spiro atoms. The van der Waals surface area contributed by atoms with Gasteiger partial charge in [-0.3, -0.25) is 0 Å². The van der Waals surface area contributed by atoms with Gasteiger partial charge in [-0.05, 0) is 13.3 Å².